The van der Waals surface area contributed by atoms with Gasteiger partial charge < -0.3 is 28.4 Å². The summed E-state index contributed by atoms with van der Waals surface area (Å²) in [6, 6.07) is 11.4. The van der Waals surface area contributed by atoms with E-state index in [0.29, 0.717) is 40.6 Å². The summed E-state index contributed by atoms with van der Waals surface area (Å²) in [4.78, 5) is 27.4. The van der Waals surface area contributed by atoms with Gasteiger partial charge in [0.15, 0.2) is 17.3 Å². The molecular weight excluding hydrogens is 500 g/mol. The van der Waals surface area contributed by atoms with Crippen molar-refractivity contribution in [3.63, 3.8) is 0 Å². The van der Waals surface area contributed by atoms with Crippen LogP contribution in [0.15, 0.2) is 65.6 Å². The first-order chi connectivity index (χ1) is 18.9. The Morgan fingerprint density at radius 1 is 1.05 bits per heavy atom. The van der Waals surface area contributed by atoms with E-state index >= 15 is 0 Å². The Morgan fingerprint density at radius 3 is 2.59 bits per heavy atom. The molecule has 0 saturated carbocycles. The molecule has 2 heterocycles. The number of Topliss-reactive ketones (excluding diaryl/α,β-unsaturated/α-hetero) is 1. The zero-order chi connectivity index (χ0) is 27.3. The zero-order valence-corrected chi connectivity index (χ0v) is 22.3. The zero-order valence-electron chi connectivity index (χ0n) is 22.3. The summed E-state index contributed by atoms with van der Waals surface area (Å²) in [6.07, 6.45) is 4.95. The topological polar surface area (TPSA) is 89.5 Å². The minimum atomic E-state index is -1.17. The van der Waals surface area contributed by atoms with Crippen molar-refractivity contribution in [1.82, 2.24) is 0 Å². The number of benzene rings is 2. The van der Waals surface area contributed by atoms with E-state index < -0.39 is 17.5 Å². The van der Waals surface area contributed by atoms with E-state index in [1.165, 1.54) is 20.3 Å². The lowest BCUT2D eigenvalue weighted by atomic mass is 9.62. The quantitative estimate of drug-likeness (QED) is 0.393. The molecule has 0 saturated heterocycles. The minimum absolute atomic E-state index is 0.0332. The molecule has 0 N–H and O–H groups in total. The number of hydrogen-bond acceptors (Lipinski definition) is 8. The van der Waals surface area contributed by atoms with Crippen molar-refractivity contribution in [2.45, 2.75) is 31.8 Å². The predicted octanol–water partition coefficient (Wildman–Crippen LogP) is 5.03. The van der Waals surface area contributed by atoms with E-state index in [-0.39, 0.29) is 36.8 Å². The van der Waals surface area contributed by atoms with Gasteiger partial charge in [0.1, 0.15) is 18.1 Å². The van der Waals surface area contributed by atoms with Gasteiger partial charge in [-0.2, -0.15) is 0 Å². The average molecular weight is 531 g/mol. The molecule has 0 amide bonds. The summed E-state index contributed by atoms with van der Waals surface area (Å²) in [5, 5.41) is 0. The SMILES string of the molecule is COC1=C(OC)C(=O)[C@]23COc4c5c(cc(c42)C(OC(=O)C=Cc2ccccc2)C(C)C(C)CC3=C1)OCO5. The molecule has 0 bridgehead atoms. The molecule has 1 spiro atoms. The fraction of sp³-hybridized carbons (Fsp3) is 0.355. The molecule has 2 aliphatic heterocycles. The van der Waals surface area contributed by atoms with Crippen molar-refractivity contribution in [2.24, 2.45) is 11.8 Å². The van der Waals surface area contributed by atoms with Crippen LogP contribution in [0.3, 0.4) is 0 Å². The number of rotatable bonds is 5. The highest BCUT2D eigenvalue weighted by atomic mass is 16.7. The lowest BCUT2D eigenvalue weighted by Gasteiger charge is -2.41. The number of methoxy groups -OCH3 is 2. The van der Waals surface area contributed by atoms with Crippen molar-refractivity contribution in [2.75, 3.05) is 27.6 Å². The summed E-state index contributed by atoms with van der Waals surface area (Å²) in [6.45, 7) is 4.26. The third-order valence-corrected chi connectivity index (χ3v) is 8.28. The number of hydrogen-bond donors (Lipinski definition) is 0. The Morgan fingerprint density at radius 2 is 1.85 bits per heavy atom. The summed E-state index contributed by atoms with van der Waals surface area (Å²) >= 11 is 0. The summed E-state index contributed by atoms with van der Waals surface area (Å²) in [5.41, 5.74) is 1.90. The Kier molecular flexibility index (Phi) is 6.13. The van der Waals surface area contributed by atoms with Gasteiger partial charge in [-0.15, -0.1) is 0 Å². The van der Waals surface area contributed by atoms with E-state index in [9.17, 15) is 9.59 Å². The fourth-order valence-corrected chi connectivity index (χ4v) is 6.07. The van der Waals surface area contributed by atoms with Gasteiger partial charge >= 0.3 is 5.97 Å². The molecule has 6 rings (SSSR count). The number of esters is 1. The van der Waals surface area contributed by atoms with E-state index in [1.54, 1.807) is 6.08 Å². The summed E-state index contributed by atoms with van der Waals surface area (Å²) < 4.78 is 35.1. The molecule has 3 unspecified atom stereocenters. The molecule has 0 fully saturated rings. The van der Waals surface area contributed by atoms with Crippen molar-refractivity contribution in [1.29, 1.82) is 0 Å². The van der Waals surface area contributed by atoms with Gasteiger partial charge in [-0.05, 0) is 41.7 Å². The first kappa shape index (κ1) is 25.1. The second-order valence-corrected chi connectivity index (χ2v) is 10.3. The Labute approximate surface area is 226 Å². The number of fused-ring (bicyclic) bond motifs is 2. The maximum Gasteiger partial charge on any atom is 0.331 e. The van der Waals surface area contributed by atoms with Crippen LogP contribution in [0.1, 0.15) is 43.1 Å². The molecule has 2 aliphatic carbocycles. The minimum Gasteiger partial charge on any atom is -0.493 e. The highest BCUT2D eigenvalue weighted by molar-refractivity contribution is 6.08. The Hall–Kier alpha value is -4.20. The van der Waals surface area contributed by atoms with Crippen molar-refractivity contribution < 1.29 is 38.0 Å². The molecule has 8 nitrogen and oxygen atoms in total. The third-order valence-electron chi connectivity index (χ3n) is 8.28. The number of allylic oxidation sites excluding steroid dienone is 2. The second-order valence-electron chi connectivity index (χ2n) is 10.3. The predicted molar refractivity (Wildman–Crippen MR) is 141 cm³/mol. The van der Waals surface area contributed by atoms with Gasteiger partial charge in [-0.3, -0.25) is 4.79 Å². The normalized spacial score (nSPS) is 26.7. The van der Waals surface area contributed by atoms with Crippen LogP contribution >= 0.6 is 0 Å². The van der Waals surface area contributed by atoms with Gasteiger partial charge in [0, 0.05) is 23.1 Å². The standard InChI is InChI=1S/C31H30O8/c1-17-12-20-13-22(34-3)28(35-4)30(33)31(20)15-36-29-25(31)21(14-23-27(29)38-16-37-23)26(18(17)2)39-24(32)11-10-19-8-6-5-7-9-19/h5-11,13-14,17-18,26H,12,15-16H2,1-4H3/t17?,18?,26?,31-/m0/s1. The van der Waals surface area contributed by atoms with Crippen molar-refractivity contribution >= 4 is 17.8 Å². The largest absolute Gasteiger partial charge is 0.493 e. The van der Waals surface area contributed by atoms with E-state index in [2.05, 4.69) is 13.8 Å². The van der Waals surface area contributed by atoms with E-state index in [0.717, 1.165) is 11.1 Å². The molecule has 4 aliphatic rings. The number of ketones is 1. The van der Waals surface area contributed by atoms with Gasteiger partial charge in [0.2, 0.25) is 24.1 Å². The average Bonchev–Trinajstić information content (AvgIpc) is 3.58. The second kappa shape index (κ2) is 9.52. The van der Waals surface area contributed by atoms with E-state index in [4.69, 9.17) is 28.4 Å². The smallest absolute Gasteiger partial charge is 0.331 e. The number of carbonyl (C=O) groups is 2. The fourth-order valence-electron chi connectivity index (χ4n) is 6.07. The third kappa shape index (κ3) is 3.80. The maximum atomic E-state index is 14.3. The van der Waals surface area contributed by atoms with Crippen LogP contribution < -0.4 is 14.2 Å². The van der Waals surface area contributed by atoms with Crippen LogP contribution in [0.25, 0.3) is 6.08 Å². The molecule has 0 aromatic heterocycles. The molecule has 2 aromatic rings. The lowest BCUT2D eigenvalue weighted by molar-refractivity contribution is -0.147. The van der Waals surface area contributed by atoms with Crippen LogP contribution in [0.4, 0.5) is 0 Å². The molecule has 4 atom stereocenters. The molecular formula is C31H30O8. The first-order valence-corrected chi connectivity index (χ1v) is 13.0. The Bertz CT molecular complexity index is 1440. The number of carbonyl (C=O) groups excluding carboxylic acids is 2. The summed E-state index contributed by atoms with van der Waals surface area (Å²) in [7, 11) is 2.98. The Balaban J connectivity index is 1.51. The highest BCUT2D eigenvalue weighted by Gasteiger charge is 2.59. The van der Waals surface area contributed by atoms with Gasteiger partial charge in [0.25, 0.3) is 0 Å². The van der Waals surface area contributed by atoms with Gasteiger partial charge in [0.05, 0.1) is 14.2 Å². The van der Waals surface area contributed by atoms with Crippen molar-refractivity contribution in [3.05, 3.63) is 82.3 Å². The van der Waals surface area contributed by atoms with Gasteiger partial charge in [-0.1, -0.05) is 44.2 Å². The molecule has 202 valence electrons. The summed E-state index contributed by atoms with van der Waals surface area (Å²) in [5.74, 6) is 1.11. The molecule has 8 heteroatoms. The lowest BCUT2D eigenvalue weighted by Crippen LogP contribution is -2.46. The van der Waals surface area contributed by atoms with Crippen LogP contribution in [-0.2, 0) is 29.2 Å². The van der Waals surface area contributed by atoms with Crippen molar-refractivity contribution in [3.8, 4) is 17.2 Å². The first-order valence-electron chi connectivity index (χ1n) is 13.0. The van der Waals surface area contributed by atoms with E-state index in [1.807, 2.05) is 42.5 Å². The van der Waals surface area contributed by atoms with Gasteiger partial charge in [-0.25, -0.2) is 4.79 Å². The van der Waals surface area contributed by atoms with Crippen LogP contribution in [-0.4, -0.2) is 39.4 Å². The van der Waals surface area contributed by atoms with Crippen LogP contribution in [0.2, 0.25) is 0 Å². The number of ether oxygens (including phenoxy) is 6. The molecule has 2 aromatic carbocycles. The molecule has 39 heavy (non-hydrogen) atoms. The maximum absolute atomic E-state index is 14.3. The van der Waals surface area contributed by atoms with Crippen LogP contribution in [0.5, 0.6) is 17.2 Å². The molecule has 0 radical (unpaired) electrons. The highest BCUT2D eigenvalue weighted by Crippen LogP contribution is 2.61. The van der Waals surface area contributed by atoms with Crippen LogP contribution in [0, 0.1) is 11.8 Å². The monoisotopic (exact) mass is 530 g/mol.